The quantitative estimate of drug-likeness (QED) is 0.438. The molecular weight excluding hydrogens is 402 g/mol. The zero-order valence-electron chi connectivity index (χ0n) is 17.1. The van der Waals surface area contributed by atoms with Crippen LogP contribution < -0.4 is 11.3 Å². The van der Waals surface area contributed by atoms with Crippen LogP contribution in [-0.4, -0.2) is 14.5 Å². The van der Waals surface area contributed by atoms with Crippen molar-refractivity contribution < 1.29 is 4.42 Å². The maximum atomic E-state index is 12.6. The molecule has 0 unspecified atom stereocenters. The van der Waals surface area contributed by atoms with Crippen LogP contribution in [-0.2, 0) is 13.0 Å². The molecular formula is C25H19N5O2. The zero-order chi connectivity index (χ0) is 22.1. The number of nitrogens with zero attached hydrogens (tertiary/aromatic N) is 3. The molecule has 0 spiro atoms. The summed E-state index contributed by atoms with van der Waals surface area (Å²) >= 11 is 0. The molecule has 0 aliphatic rings. The number of H-pyrrole nitrogens is 1. The summed E-state index contributed by atoms with van der Waals surface area (Å²) in [4.78, 5) is 20.2. The van der Waals surface area contributed by atoms with E-state index in [1.807, 2.05) is 24.4 Å². The number of nitriles is 1. The molecule has 0 aliphatic carbocycles. The Morgan fingerprint density at radius 2 is 2.03 bits per heavy atom. The number of benzene rings is 1. The fraction of sp³-hybridized carbons (Fsp3) is 0.0800. The summed E-state index contributed by atoms with van der Waals surface area (Å²) in [6, 6.07) is 18.6. The third-order valence-corrected chi connectivity index (χ3v) is 5.52. The van der Waals surface area contributed by atoms with Gasteiger partial charge in [-0.05, 0) is 42.3 Å². The number of pyridine rings is 2. The lowest BCUT2D eigenvalue weighted by molar-refractivity contribution is 0.580. The van der Waals surface area contributed by atoms with E-state index in [1.165, 1.54) is 6.07 Å². The van der Waals surface area contributed by atoms with Gasteiger partial charge in [0.1, 0.15) is 17.6 Å². The van der Waals surface area contributed by atoms with E-state index in [0.717, 1.165) is 22.0 Å². The number of nitrogens with two attached hydrogens (primary N) is 1. The van der Waals surface area contributed by atoms with E-state index in [-0.39, 0.29) is 16.9 Å². The first-order valence-electron chi connectivity index (χ1n) is 10.1. The summed E-state index contributed by atoms with van der Waals surface area (Å²) in [6.45, 7) is 0.512. The standard InChI is InChI=1S/C25H19N5O2/c26-13-18-12-20(24(29-25(18)27)22-6-3-11-32-22)17-7-8-23(31)30(15-17)10-9-16-14-28-21-5-2-1-4-19(16)21/h1-8,11-12,14-15,28H,9-10H2,(H2,27,29). The second kappa shape index (κ2) is 7.93. The van der Waals surface area contributed by atoms with Gasteiger partial charge in [0, 0.05) is 47.0 Å². The van der Waals surface area contributed by atoms with Gasteiger partial charge in [0.15, 0.2) is 5.76 Å². The number of hydrogen-bond donors (Lipinski definition) is 2. The molecule has 0 saturated carbocycles. The first kappa shape index (κ1) is 19.4. The van der Waals surface area contributed by atoms with Crippen molar-refractivity contribution in [1.82, 2.24) is 14.5 Å². The number of fused-ring (bicyclic) bond motifs is 1. The number of aromatic nitrogens is 3. The molecule has 5 aromatic rings. The number of nitrogen functional groups attached to an aromatic ring is 1. The first-order valence-corrected chi connectivity index (χ1v) is 10.1. The van der Waals surface area contributed by atoms with Crippen molar-refractivity contribution in [3.8, 4) is 28.7 Å². The minimum absolute atomic E-state index is 0.1000. The molecule has 0 atom stereocenters. The Morgan fingerprint density at radius 3 is 2.84 bits per heavy atom. The minimum Gasteiger partial charge on any atom is -0.463 e. The van der Waals surface area contributed by atoms with Gasteiger partial charge in [-0.25, -0.2) is 4.98 Å². The second-order valence-electron chi connectivity index (χ2n) is 7.47. The summed E-state index contributed by atoms with van der Waals surface area (Å²) < 4.78 is 7.20. The highest BCUT2D eigenvalue weighted by atomic mass is 16.3. The van der Waals surface area contributed by atoms with Crippen LogP contribution in [0, 0.1) is 11.3 Å². The van der Waals surface area contributed by atoms with Crippen molar-refractivity contribution in [2.45, 2.75) is 13.0 Å². The van der Waals surface area contributed by atoms with Crippen molar-refractivity contribution in [2.75, 3.05) is 5.73 Å². The van der Waals surface area contributed by atoms with Crippen molar-refractivity contribution in [3.63, 3.8) is 0 Å². The largest absolute Gasteiger partial charge is 0.463 e. The van der Waals surface area contributed by atoms with Crippen molar-refractivity contribution in [3.05, 3.63) is 94.7 Å². The van der Waals surface area contributed by atoms with Crippen LogP contribution in [0.5, 0.6) is 0 Å². The highest BCUT2D eigenvalue weighted by Crippen LogP contribution is 2.33. The molecule has 0 saturated heterocycles. The van der Waals surface area contributed by atoms with Crippen molar-refractivity contribution in [2.24, 2.45) is 0 Å². The van der Waals surface area contributed by atoms with E-state index in [0.29, 0.717) is 30.0 Å². The van der Waals surface area contributed by atoms with Gasteiger partial charge in [-0.1, -0.05) is 18.2 Å². The third kappa shape index (κ3) is 3.44. The fourth-order valence-corrected chi connectivity index (χ4v) is 3.88. The van der Waals surface area contributed by atoms with Crippen LogP contribution in [0.3, 0.4) is 0 Å². The predicted octanol–water partition coefficient (Wildman–Crippen LogP) is 4.35. The van der Waals surface area contributed by atoms with Crippen LogP contribution in [0.25, 0.3) is 33.5 Å². The van der Waals surface area contributed by atoms with Crippen LogP contribution in [0.2, 0.25) is 0 Å². The molecule has 0 amide bonds. The Balaban J connectivity index is 1.54. The number of hydrogen-bond acceptors (Lipinski definition) is 5. The lowest BCUT2D eigenvalue weighted by atomic mass is 10.0. The highest BCUT2D eigenvalue weighted by Gasteiger charge is 2.16. The van der Waals surface area contributed by atoms with E-state index in [9.17, 15) is 10.1 Å². The smallest absolute Gasteiger partial charge is 0.250 e. The average Bonchev–Trinajstić information content (AvgIpc) is 3.49. The van der Waals surface area contributed by atoms with Crippen LogP contribution in [0.15, 0.2) is 82.5 Å². The molecule has 0 bridgehead atoms. The maximum absolute atomic E-state index is 12.6. The molecule has 32 heavy (non-hydrogen) atoms. The number of aromatic amines is 1. The normalized spacial score (nSPS) is 11.0. The lowest BCUT2D eigenvalue weighted by Gasteiger charge is -2.12. The van der Waals surface area contributed by atoms with Crippen molar-refractivity contribution >= 4 is 16.7 Å². The Morgan fingerprint density at radius 1 is 1.16 bits per heavy atom. The average molecular weight is 421 g/mol. The van der Waals surface area contributed by atoms with Crippen LogP contribution in [0.1, 0.15) is 11.1 Å². The minimum atomic E-state index is -0.1000. The van der Waals surface area contributed by atoms with Gasteiger partial charge in [-0.3, -0.25) is 4.79 Å². The van der Waals surface area contributed by atoms with Gasteiger partial charge in [0.05, 0.1) is 11.8 Å². The van der Waals surface area contributed by atoms with Gasteiger partial charge >= 0.3 is 0 Å². The molecule has 1 aromatic carbocycles. The predicted molar refractivity (Wildman–Crippen MR) is 123 cm³/mol. The molecule has 7 heteroatoms. The highest BCUT2D eigenvalue weighted by molar-refractivity contribution is 5.83. The molecule has 0 radical (unpaired) electrons. The topological polar surface area (TPSA) is 114 Å². The van der Waals surface area contributed by atoms with E-state index >= 15 is 0 Å². The second-order valence-corrected chi connectivity index (χ2v) is 7.47. The first-order chi connectivity index (χ1) is 15.6. The number of nitrogens with one attached hydrogen (secondary N) is 1. The van der Waals surface area contributed by atoms with Crippen molar-refractivity contribution in [1.29, 1.82) is 5.26 Å². The van der Waals surface area contributed by atoms with E-state index in [1.54, 1.807) is 41.3 Å². The number of furan rings is 1. The number of aryl methyl sites for hydroxylation is 2. The van der Waals surface area contributed by atoms with E-state index in [4.69, 9.17) is 10.2 Å². The van der Waals surface area contributed by atoms with Gasteiger partial charge < -0.3 is 19.7 Å². The summed E-state index contributed by atoms with van der Waals surface area (Å²) in [5, 5.41) is 10.6. The number of rotatable bonds is 5. The molecule has 156 valence electrons. The molecule has 5 rings (SSSR count). The van der Waals surface area contributed by atoms with Crippen LogP contribution >= 0.6 is 0 Å². The number of anilines is 1. The van der Waals surface area contributed by atoms with Gasteiger partial charge in [0.25, 0.3) is 5.56 Å². The Bertz CT molecular complexity index is 1520. The SMILES string of the molecule is N#Cc1cc(-c2ccc(=O)n(CCc3c[nH]c4ccccc34)c2)c(-c2ccco2)nc1N. The Labute approximate surface area is 183 Å². The Kier molecular flexibility index (Phi) is 4.81. The molecule has 4 heterocycles. The molecule has 7 nitrogen and oxygen atoms in total. The molecule has 4 aromatic heterocycles. The Hall–Kier alpha value is -4.57. The lowest BCUT2D eigenvalue weighted by Crippen LogP contribution is -2.19. The van der Waals surface area contributed by atoms with Crippen LogP contribution in [0.4, 0.5) is 5.82 Å². The fourth-order valence-electron chi connectivity index (χ4n) is 3.88. The van der Waals surface area contributed by atoms with E-state index in [2.05, 4.69) is 22.1 Å². The summed E-state index contributed by atoms with van der Waals surface area (Å²) in [5.74, 6) is 0.669. The van der Waals surface area contributed by atoms with Gasteiger partial charge in [-0.15, -0.1) is 0 Å². The number of para-hydroxylation sites is 1. The monoisotopic (exact) mass is 421 g/mol. The molecule has 3 N–H and O–H groups in total. The third-order valence-electron chi connectivity index (χ3n) is 5.52. The zero-order valence-corrected chi connectivity index (χ0v) is 17.1. The molecule has 0 fully saturated rings. The van der Waals surface area contributed by atoms with Gasteiger partial charge in [0.2, 0.25) is 0 Å². The van der Waals surface area contributed by atoms with Gasteiger partial charge in [-0.2, -0.15) is 5.26 Å². The summed E-state index contributed by atoms with van der Waals surface area (Å²) in [6.07, 6.45) is 6.02. The summed E-state index contributed by atoms with van der Waals surface area (Å²) in [5.41, 5.74) is 10.3. The summed E-state index contributed by atoms with van der Waals surface area (Å²) in [7, 11) is 0. The maximum Gasteiger partial charge on any atom is 0.250 e. The molecule has 0 aliphatic heterocycles. The van der Waals surface area contributed by atoms with E-state index < -0.39 is 0 Å².